The summed E-state index contributed by atoms with van der Waals surface area (Å²) in [6.07, 6.45) is 0. The van der Waals surface area contributed by atoms with Crippen molar-refractivity contribution in [2.75, 3.05) is 34.5 Å². The molecule has 2 aliphatic rings. The molecular weight excluding hydrogens is 504 g/mol. The minimum atomic E-state index is -1.83. The van der Waals surface area contributed by atoms with Crippen molar-refractivity contribution in [3.8, 4) is 0 Å². The molecule has 0 aromatic carbocycles. The molecule has 2 unspecified atom stereocenters. The van der Waals surface area contributed by atoms with Crippen LogP contribution in [-0.4, -0.2) is 66.2 Å². The Morgan fingerprint density at radius 3 is 1.63 bits per heavy atom. The first kappa shape index (κ1) is 17.7. The molecule has 0 radical (unpaired) electrons. The summed E-state index contributed by atoms with van der Waals surface area (Å²) in [6.45, 7) is 5.02. The van der Waals surface area contributed by atoms with Gasteiger partial charge in [0.2, 0.25) is 0 Å². The molecule has 112 valence electrons. The van der Waals surface area contributed by atoms with Crippen LogP contribution in [0, 0.1) is 0 Å². The third kappa shape index (κ3) is 7.42. The van der Waals surface area contributed by atoms with Gasteiger partial charge in [-0.2, -0.15) is 0 Å². The Morgan fingerprint density at radius 2 is 1.32 bits per heavy atom. The van der Waals surface area contributed by atoms with E-state index in [1.165, 1.54) is 34.5 Å². The summed E-state index contributed by atoms with van der Waals surface area (Å²) in [4.78, 5) is 0. The van der Waals surface area contributed by atoms with Gasteiger partial charge in [0, 0.05) is 0 Å². The van der Waals surface area contributed by atoms with Crippen LogP contribution in [0.5, 0.6) is 0 Å². The zero-order chi connectivity index (χ0) is 13.6. The maximum absolute atomic E-state index is 2.51. The van der Waals surface area contributed by atoms with Crippen LogP contribution in [0.25, 0.3) is 0 Å². The molecule has 2 heterocycles. The van der Waals surface area contributed by atoms with Crippen molar-refractivity contribution in [3.05, 3.63) is 0 Å². The van der Waals surface area contributed by atoms with Crippen molar-refractivity contribution in [2.24, 2.45) is 0 Å². The van der Waals surface area contributed by atoms with E-state index in [4.69, 9.17) is 0 Å². The van der Waals surface area contributed by atoms with E-state index in [2.05, 4.69) is 60.9 Å². The van der Waals surface area contributed by atoms with Crippen LogP contribution < -0.4 is 0 Å². The zero-order valence-corrected chi connectivity index (χ0v) is 19.5. The summed E-state index contributed by atoms with van der Waals surface area (Å²) in [5.41, 5.74) is 0. The SMILES string of the molecule is C[CH2][Pb]([CH2]C)([CH2]CSCC1CS1)[CH2]CSCC1CS1. The second-order valence-electron chi connectivity index (χ2n) is 5.77. The minimum absolute atomic E-state index is 1.03. The van der Waals surface area contributed by atoms with Crippen LogP contribution in [0.1, 0.15) is 13.8 Å². The van der Waals surface area contributed by atoms with Crippen LogP contribution in [0.3, 0.4) is 0 Å². The molecule has 0 N–H and O–H groups in total. The second-order valence-corrected chi connectivity index (χ2v) is 31.8. The molecule has 5 heteroatoms. The fourth-order valence-corrected chi connectivity index (χ4v) is 28.7. The summed E-state index contributed by atoms with van der Waals surface area (Å²) >= 11 is 7.00. The fourth-order valence-electron chi connectivity index (χ4n) is 2.42. The molecule has 2 atom stereocenters. The van der Waals surface area contributed by atoms with E-state index in [1.807, 2.05) is 0 Å². The molecule has 0 spiro atoms. The Kier molecular flexibility index (Phi) is 8.80. The predicted molar refractivity (Wildman–Crippen MR) is 103 cm³/mol. The molecular formula is C14H28PbS4. The van der Waals surface area contributed by atoms with Crippen molar-refractivity contribution in [3.63, 3.8) is 0 Å². The summed E-state index contributed by atoms with van der Waals surface area (Å²) in [5.74, 6) is 8.75. The molecule has 2 saturated heterocycles. The van der Waals surface area contributed by atoms with Gasteiger partial charge in [-0.3, -0.25) is 0 Å². The van der Waals surface area contributed by atoms with E-state index in [1.54, 1.807) is 15.9 Å². The molecule has 19 heavy (non-hydrogen) atoms. The molecule has 0 bridgehead atoms. The summed E-state index contributed by atoms with van der Waals surface area (Å²) in [5, 5.41) is 2.07. The van der Waals surface area contributed by atoms with Crippen molar-refractivity contribution in [1.29, 1.82) is 0 Å². The summed E-state index contributed by atoms with van der Waals surface area (Å²) in [6, 6.07) is 0. The van der Waals surface area contributed by atoms with Crippen molar-refractivity contribution < 1.29 is 0 Å². The molecule has 2 aliphatic heterocycles. The van der Waals surface area contributed by atoms with Crippen LogP contribution in [0.2, 0.25) is 15.9 Å². The van der Waals surface area contributed by atoms with Gasteiger partial charge in [-0.1, -0.05) is 0 Å². The summed E-state index contributed by atoms with van der Waals surface area (Å²) < 4.78 is 6.53. The average molecular weight is 532 g/mol. The van der Waals surface area contributed by atoms with Gasteiger partial charge in [-0.15, -0.1) is 0 Å². The average Bonchev–Trinajstić information content (AvgIpc) is 3.31. The van der Waals surface area contributed by atoms with Crippen LogP contribution in [0.4, 0.5) is 0 Å². The molecule has 0 aromatic heterocycles. The van der Waals surface area contributed by atoms with Crippen LogP contribution in [0.15, 0.2) is 0 Å². The topological polar surface area (TPSA) is 0 Å². The molecule has 2 rings (SSSR count). The van der Waals surface area contributed by atoms with Gasteiger partial charge in [0.25, 0.3) is 0 Å². The first-order valence-corrected chi connectivity index (χ1v) is 23.1. The number of thioether (sulfide) groups is 4. The monoisotopic (exact) mass is 532 g/mol. The van der Waals surface area contributed by atoms with Gasteiger partial charge in [0.15, 0.2) is 0 Å². The zero-order valence-electron chi connectivity index (χ0n) is 12.4. The Morgan fingerprint density at radius 1 is 0.895 bits per heavy atom. The maximum atomic E-state index is 2.51. The molecule has 0 nitrogen and oxygen atoms in total. The van der Waals surface area contributed by atoms with Crippen LogP contribution >= 0.6 is 47.0 Å². The second kappa shape index (κ2) is 9.46. The van der Waals surface area contributed by atoms with Gasteiger partial charge in [-0.25, -0.2) is 0 Å². The van der Waals surface area contributed by atoms with E-state index in [0.29, 0.717) is 0 Å². The van der Waals surface area contributed by atoms with E-state index in [-0.39, 0.29) is 0 Å². The third-order valence-corrected chi connectivity index (χ3v) is 33.8. The predicted octanol–water partition coefficient (Wildman–Crippen LogP) is 5.17. The first-order chi connectivity index (χ1) is 9.28. The Bertz CT molecular complexity index is 228. The van der Waals surface area contributed by atoms with Crippen molar-refractivity contribution >= 4 is 68.2 Å². The summed E-state index contributed by atoms with van der Waals surface area (Å²) in [7, 11) is 0. The van der Waals surface area contributed by atoms with Gasteiger partial charge in [0.1, 0.15) is 0 Å². The van der Waals surface area contributed by atoms with E-state index < -0.39 is 21.2 Å². The third-order valence-electron chi connectivity index (χ3n) is 4.47. The molecule has 2 fully saturated rings. The first-order valence-electron chi connectivity index (χ1n) is 7.66. The Labute approximate surface area is 141 Å². The van der Waals surface area contributed by atoms with Gasteiger partial charge in [0.05, 0.1) is 0 Å². The quantitative estimate of drug-likeness (QED) is 0.193. The molecule has 0 aromatic rings. The molecule has 0 aliphatic carbocycles. The normalized spacial score (nSPS) is 25.6. The molecule has 0 saturated carbocycles. The Hall–Kier alpha value is 2.32. The standard InChI is InChI=1S/2C5H9S2.2C2H5.Pb/c2*1-2-6-3-5-4-7-5;2*1-2;/h2*5H,1-4H2;2*1H2,2H3;. The number of hydrogen-bond donors (Lipinski definition) is 0. The van der Waals surface area contributed by atoms with Crippen LogP contribution in [-0.2, 0) is 0 Å². The van der Waals surface area contributed by atoms with E-state index >= 15 is 0 Å². The van der Waals surface area contributed by atoms with E-state index in [0.717, 1.165) is 10.5 Å². The van der Waals surface area contributed by atoms with Crippen molar-refractivity contribution in [1.82, 2.24) is 0 Å². The Balaban J connectivity index is 1.58. The molecule has 0 amide bonds. The van der Waals surface area contributed by atoms with Gasteiger partial charge >= 0.3 is 143 Å². The van der Waals surface area contributed by atoms with Gasteiger partial charge < -0.3 is 0 Å². The van der Waals surface area contributed by atoms with Crippen molar-refractivity contribution in [2.45, 2.75) is 40.3 Å². The fraction of sp³-hybridized carbons (Fsp3) is 1.00. The number of rotatable bonds is 12. The van der Waals surface area contributed by atoms with E-state index in [9.17, 15) is 0 Å². The number of hydrogen-bond acceptors (Lipinski definition) is 4. The van der Waals surface area contributed by atoms with Gasteiger partial charge in [-0.05, 0) is 0 Å².